The van der Waals surface area contributed by atoms with Crippen molar-refractivity contribution in [1.82, 2.24) is 10.2 Å². The van der Waals surface area contributed by atoms with Crippen LogP contribution in [0.1, 0.15) is 46.0 Å². The highest BCUT2D eigenvalue weighted by molar-refractivity contribution is 5.84. The van der Waals surface area contributed by atoms with Gasteiger partial charge in [-0.1, -0.05) is 19.8 Å². The van der Waals surface area contributed by atoms with Crippen LogP contribution in [0.15, 0.2) is 0 Å². The molecule has 1 saturated heterocycles. The van der Waals surface area contributed by atoms with Gasteiger partial charge < -0.3 is 10.2 Å². The van der Waals surface area contributed by atoms with Gasteiger partial charge in [-0.05, 0) is 38.6 Å². The first-order valence-electron chi connectivity index (χ1n) is 6.78. The van der Waals surface area contributed by atoms with Crippen molar-refractivity contribution in [2.24, 2.45) is 5.92 Å². The Labute approximate surface area is 98.6 Å². The van der Waals surface area contributed by atoms with E-state index in [1.807, 2.05) is 0 Å². The first kappa shape index (κ1) is 11.9. The van der Waals surface area contributed by atoms with Crippen molar-refractivity contribution in [3.05, 3.63) is 0 Å². The monoisotopic (exact) mass is 224 g/mol. The Morgan fingerprint density at radius 2 is 2.06 bits per heavy atom. The number of carbonyl (C=O) groups is 1. The van der Waals surface area contributed by atoms with E-state index in [9.17, 15) is 4.79 Å². The zero-order valence-corrected chi connectivity index (χ0v) is 10.5. The average Bonchev–Trinajstić information content (AvgIpc) is 2.89. The second-order valence-electron chi connectivity index (χ2n) is 5.22. The molecule has 0 aromatic carbocycles. The van der Waals surface area contributed by atoms with Gasteiger partial charge in [0.05, 0.1) is 6.04 Å². The van der Waals surface area contributed by atoms with E-state index in [2.05, 4.69) is 24.1 Å². The predicted molar refractivity (Wildman–Crippen MR) is 65.2 cm³/mol. The normalized spacial score (nSPS) is 29.0. The largest absolute Gasteiger partial charge is 0.338 e. The lowest BCUT2D eigenvalue weighted by Gasteiger charge is -2.29. The average molecular weight is 224 g/mol. The third-order valence-corrected chi connectivity index (χ3v) is 4.26. The van der Waals surface area contributed by atoms with Crippen LogP contribution < -0.4 is 5.32 Å². The maximum absolute atomic E-state index is 12.2. The zero-order valence-electron chi connectivity index (χ0n) is 10.5. The summed E-state index contributed by atoms with van der Waals surface area (Å²) >= 11 is 0. The first-order valence-corrected chi connectivity index (χ1v) is 6.78. The van der Waals surface area contributed by atoms with Gasteiger partial charge in [0.1, 0.15) is 0 Å². The lowest BCUT2D eigenvalue weighted by atomic mass is 9.98. The molecule has 2 fully saturated rings. The van der Waals surface area contributed by atoms with Gasteiger partial charge in [0, 0.05) is 12.6 Å². The fraction of sp³-hybridized carbons (Fsp3) is 0.923. The van der Waals surface area contributed by atoms with Crippen molar-refractivity contribution in [3.8, 4) is 0 Å². The summed E-state index contributed by atoms with van der Waals surface area (Å²) in [5, 5.41) is 3.28. The maximum Gasteiger partial charge on any atom is 0.240 e. The molecule has 2 atom stereocenters. The molecular formula is C13H24N2O. The number of likely N-dealkylation sites (tertiary alicyclic amines) is 1. The van der Waals surface area contributed by atoms with Crippen molar-refractivity contribution in [2.45, 2.75) is 58.0 Å². The van der Waals surface area contributed by atoms with Crippen LogP contribution in [0.2, 0.25) is 0 Å². The molecule has 1 N–H and O–H groups in total. The van der Waals surface area contributed by atoms with Crippen LogP contribution in [0.4, 0.5) is 0 Å². The van der Waals surface area contributed by atoms with Gasteiger partial charge in [0.2, 0.25) is 5.91 Å². The minimum atomic E-state index is 0.0915. The van der Waals surface area contributed by atoms with E-state index in [4.69, 9.17) is 0 Å². The van der Waals surface area contributed by atoms with Crippen LogP contribution >= 0.6 is 0 Å². The van der Waals surface area contributed by atoms with Crippen molar-refractivity contribution in [1.29, 1.82) is 0 Å². The predicted octanol–water partition coefficient (Wildman–Crippen LogP) is 1.78. The summed E-state index contributed by atoms with van der Waals surface area (Å²) in [7, 11) is 0. The van der Waals surface area contributed by atoms with Crippen LogP contribution in [0.5, 0.6) is 0 Å². The minimum absolute atomic E-state index is 0.0915. The van der Waals surface area contributed by atoms with E-state index in [0.29, 0.717) is 11.9 Å². The van der Waals surface area contributed by atoms with Crippen LogP contribution in [-0.2, 0) is 4.79 Å². The van der Waals surface area contributed by atoms with Gasteiger partial charge in [-0.2, -0.15) is 0 Å². The molecular weight excluding hydrogens is 200 g/mol. The molecule has 1 aliphatic carbocycles. The van der Waals surface area contributed by atoms with Gasteiger partial charge in [-0.3, -0.25) is 4.79 Å². The molecule has 1 heterocycles. The summed E-state index contributed by atoms with van der Waals surface area (Å²) in [5.41, 5.74) is 0. The molecule has 0 radical (unpaired) electrons. The minimum Gasteiger partial charge on any atom is -0.338 e. The van der Waals surface area contributed by atoms with Gasteiger partial charge >= 0.3 is 0 Å². The zero-order chi connectivity index (χ0) is 11.5. The molecule has 1 saturated carbocycles. The number of likely N-dealkylation sites (N-methyl/N-ethyl adjacent to an activating group) is 1. The molecule has 1 aliphatic heterocycles. The van der Waals surface area contributed by atoms with Crippen LogP contribution in [0, 0.1) is 5.92 Å². The molecule has 2 aliphatic rings. The van der Waals surface area contributed by atoms with E-state index in [1.165, 1.54) is 25.7 Å². The lowest BCUT2D eigenvalue weighted by molar-refractivity contribution is -0.132. The van der Waals surface area contributed by atoms with Crippen molar-refractivity contribution < 1.29 is 4.79 Å². The molecule has 2 unspecified atom stereocenters. The Balaban J connectivity index is 1.92. The number of nitrogens with zero attached hydrogens (tertiary/aromatic N) is 1. The molecule has 0 bridgehead atoms. The summed E-state index contributed by atoms with van der Waals surface area (Å²) in [5.74, 6) is 1.09. The number of amides is 1. The standard InChI is InChI=1S/C13H24N2O/c1-3-14-12-8-9-15(13(12)16)10(2)11-6-4-5-7-11/h10-12,14H,3-9H2,1-2H3. The van der Waals surface area contributed by atoms with Crippen molar-refractivity contribution in [2.75, 3.05) is 13.1 Å². The molecule has 16 heavy (non-hydrogen) atoms. The quantitative estimate of drug-likeness (QED) is 0.789. The summed E-state index contributed by atoms with van der Waals surface area (Å²) in [6.07, 6.45) is 6.33. The summed E-state index contributed by atoms with van der Waals surface area (Å²) in [6.45, 7) is 6.15. The number of carbonyl (C=O) groups excluding carboxylic acids is 1. The molecule has 2 rings (SSSR count). The van der Waals surface area contributed by atoms with Crippen molar-refractivity contribution >= 4 is 5.91 Å². The lowest BCUT2D eigenvalue weighted by Crippen LogP contribution is -2.44. The van der Waals surface area contributed by atoms with Crippen LogP contribution in [-0.4, -0.2) is 36.0 Å². The Kier molecular flexibility index (Phi) is 3.85. The number of nitrogens with one attached hydrogen (secondary N) is 1. The Hall–Kier alpha value is -0.570. The number of hydrogen-bond donors (Lipinski definition) is 1. The van der Waals surface area contributed by atoms with Gasteiger partial charge in [-0.25, -0.2) is 0 Å². The van der Waals surface area contributed by atoms with Crippen molar-refractivity contribution in [3.63, 3.8) is 0 Å². The second kappa shape index (κ2) is 5.17. The Bertz CT molecular complexity index is 248. The smallest absolute Gasteiger partial charge is 0.240 e. The molecule has 3 heteroatoms. The van der Waals surface area contributed by atoms with Crippen LogP contribution in [0.25, 0.3) is 0 Å². The van der Waals surface area contributed by atoms with E-state index in [1.54, 1.807) is 0 Å². The first-order chi connectivity index (χ1) is 7.74. The van der Waals surface area contributed by atoms with E-state index < -0.39 is 0 Å². The summed E-state index contributed by atoms with van der Waals surface area (Å²) < 4.78 is 0. The molecule has 1 amide bonds. The highest BCUT2D eigenvalue weighted by atomic mass is 16.2. The summed E-state index contributed by atoms with van der Waals surface area (Å²) in [4.78, 5) is 14.3. The Morgan fingerprint density at radius 1 is 1.38 bits per heavy atom. The van der Waals surface area contributed by atoms with Gasteiger partial charge in [0.25, 0.3) is 0 Å². The highest BCUT2D eigenvalue weighted by Crippen LogP contribution is 2.31. The number of rotatable bonds is 4. The maximum atomic E-state index is 12.2. The highest BCUT2D eigenvalue weighted by Gasteiger charge is 2.36. The topological polar surface area (TPSA) is 32.3 Å². The third-order valence-electron chi connectivity index (χ3n) is 4.26. The molecule has 0 spiro atoms. The van der Waals surface area contributed by atoms with Crippen LogP contribution in [0.3, 0.4) is 0 Å². The van der Waals surface area contributed by atoms with E-state index in [-0.39, 0.29) is 6.04 Å². The molecule has 92 valence electrons. The van der Waals surface area contributed by atoms with Gasteiger partial charge in [0.15, 0.2) is 0 Å². The van der Waals surface area contributed by atoms with E-state index >= 15 is 0 Å². The van der Waals surface area contributed by atoms with E-state index in [0.717, 1.165) is 25.4 Å². The van der Waals surface area contributed by atoms with Gasteiger partial charge in [-0.15, -0.1) is 0 Å². The fourth-order valence-electron chi connectivity index (χ4n) is 3.24. The summed E-state index contributed by atoms with van der Waals surface area (Å²) in [6, 6.07) is 0.549. The second-order valence-corrected chi connectivity index (χ2v) is 5.22. The molecule has 0 aromatic rings. The SMILES string of the molecule is CCNC1CCN(C(C)C2CCCC2)C1=O. The third kappa shape index (κ3) is 2.24. The Morgan fingerprint density at radius 3 is 2.69 bits per heavy atom. The fourth-order valence-corrected chi connectivity index (χ4v) is 3.24. The molecule has 3 nitrogen and oxygen atoms in total. The number of hydrogen-bond acceptors (Lipinski definition) is 2. The molecule has 0 aromatic heterocycles.